The van der Waals surface area contributed by atoms with Crippen LogP contribution in [0.3, 0.4) is 0 Å². The molecule has 87 heavy (non-hydrogen) atoms. The van der Waals surface area contributed by atoms with E-state index in [9.17, 15) is 83.7 Å². The van der Waals surface area contributed by atoms with Crippen LogP contribution in [0.2, 0.25) is 0 Å². The highest BCUT2D eigenvalue weighted by atomic mass is 79.9. The molecule has 9 amide bonds. The van der Waals surface area contributed by atoms with E-state index in [0.29, 0.717) is 28.9 Å². The highest BCUT2D eigenvalue weighted by Gasteiger charge is 2.47. The molecule has 476 valence electrons. The number of carbonyl (C=O) groups is 10. The molecule has 3 aromatic rings. The van der Waals surface area contributed by atoms with Gasteiger partial charge in [-0.3, -0.25) is 43.2 Å². The molecule has 0 saturated carbocycles. The number of piperidine rings is 1. The maximum absolute atomic E-state index is 15.0. The SMILES string of the molecule is CC(C)[C@H](NC(=O)[C@H](C)NC(=O)[C@H](CCCc1ccc(O)cc1)NC(=O)[C@H](O)CO)C(=O)N[C@@H]1C(=O)N[C@@H](Cc2ccc(O)cc2)C(=O)N[C@H]2CC[C@@H](O)N(C2=O)[C@H]([C@@H](C)O)C(=O)N(C)[C@@H](Cc2ccc(O)c(Br)c2)C(=O)N[C@@H](C(C)C)C(=O)O[C@H]1C. The molecule has 2 fully saturated rings. The standard InChI is InChI=1S/C59H80BrN9O18/c1-28(2)46(65-50(77)30(5)61-51(78)39(62-54(81)44(75)27-70)11-9-10-33-12-17-36(72)18-13-33)55(82)67-48-32(7)87-59(86)47(29(3)4)66-53(80)42(26-35-16-22-43(74)38(60)24-35)68(8)58(85)49(31(6)71)69-45(76)23-21-40(57(69)84)63-52(79)41(64-56(48)83)25-34-14-19-37(73)20-15-34/h12-20,22,24,28-32,39-42,44-49,70-76H,9-11,21,23,25-27H2,1-8H3,(H,61,78)(H,62,81)(H,63,79)(H,64,83)(H,65,77)(H,66,80)(H,67,82)/t30-,31+,32-,39-,40-,41-,42-,44+,45+,46-,47-,48-,49+/m0/s1. The number of aliphatic hydroxyl groups excluding tert-OH is 4. The number of likely N-dealkylation sites (N-methyl/N-ethyl adjacent to an activating group) is 1. The van der Waals surface area contributed by atoms with Crippen LogP contribution in [0, 0.1) is 11.8 Å². The molecule has 3 aromatic carbocycles. The second-order valence-electron chi connectivity index (χ2n) is 22.6. The molecule has 0 aromatic heterocycles. The number of carbonyl (C=O) groups excluding carboxylic acids is 10. The van der Waals surface area contributed by atoms with Crippen LogP contribution in [0.5, 0.6) is 17.2 Å². The van der Waals surface area contributed by atoms with Crippen LogP contribution in [-0.4, -0.2) is 197 Å². The summed E-state index contributed by atoms with van der Waals surface area (Å²) in [7, 11) is 1.21. The zero-order chi connectivity index (χ0) is 64.7. The Hall–Kier alpha value is -7.92. The van der Waals surface area contributed by atoms with Gasteiger partial charge in [-0.25, -0.2) is 4.79 Å². The minimum Gasteiger partial charge on any atom is -0.508 e. The highest BCUT2D eigenvalue weighted by molar-refractivity contribution is 9.10. The second-order valence-corrected chi connectivity index (χ2v) is 23.4. The largest absolute Gasteiger partial charge is 0.508 e. The summed E-state index contributed by atoms with van der Waals surface area (Å²) in [6.45, 7) is 8.92. The molecule has 5 rings (SSSR count). The fourth-order valence-corrected chi connectivity index (χ4v) is 10.3. The number of phenols is 3. The summed E-state index contributed by atoms with van der Waals surface area (Å²) in [5.41, 5.74) is 1.53. The Morgan fingerprint density at radius 3 is 1.90 bits per heavy atom. The maximum atomic E-state index is 15.0. The van der Waals surface area contributed by atoms with Crippen molar-refractivity contribution >= 4 is 75.1 Å². The van der Waals surface area contributed by atoms with E-state index in [4.69, 9.17) is 4.74 Å². The number of nitrogens with zero attached hydrogens (tertiary/aromatic N) is 2. The van der Waals surface area contributed by atoms with E-state index in [1.165, 1.54) is 96.3 Å². The van der Waals surface area contributed by atoms with E-state index in [0.717, 1.165) is 10.5 Å². The zero-order valence-corrected chi connectivity index (χ0v) is 51.1. The van der Waals surface area contributed by atoms with E-state index in [1.807, 2.05) is 0 Å². The number of fused-ring (bicyclic) bond motifs is 2. The molecule has 14 N–H and O–H groups in total. The van der Waals surface area contributed by atoms with Gasteiger partial charge in [0, 0.05) is 19.9 Å². The molecule has 27 nitrogen and oxygen atoms in total. The number of esters is 1. The van der Waals surface area contributed by atoms with E-state index in [-0.39, 0.29) is 53.8 Å². The lowest BCUT2D eigenvalue weighted by Gasteiger charge is -2.43. The summed E-state index contributed by atoms with van der Waals surface area (Å²) in [4.78, 5) is 145. The minimum atomic E-state index is -1.93. The number of aliphatic hydroxyl groups is 4. The Morgan fingerprint density at radius 1 is 0.713 bits per heavy atom. The summed E-state index contributed by atoms with van der Waals surface area (Å²) < 4.78 is 6.15. The fraction of sp³-hybridized carbons (Fsp3) is 0.525. The number of hydrogen-bond acceptors (Lipinski definition) is 18. The number of aryl methyl sites for hydroxylation is 1. The number of hydrogen-bond donors (Lipinski definition) is 14. The molecule has 0 aliphatic carbocycles. The third kappa shape index (κ3) is 19.0. The van der Waals surface area contributed by atoms with Crippen molar-refractivity contribution in [2.24, 2.45) is 11.8 Å². The van der Waals surface area contributed by atoms with Crippen molar-refractivity contribution in [2.45, 2.75) is 172 Å². The van der Waals surface area contributed by atoms with Gasteiger partial charge in [0.2, 0.25) is 47.3 Å². The van der Waals surface area contributed by atoms with E-state index in [1.54, 1.807) is 26.0 Å². The van der Waals surface area contributed by atoms with Crippen molar-refractivity contribution in [2.75, 3.05) is 13.7 Å². The Kier molecular flexibility index (Phi) is 25.4. The first-order chi connectivity index (χ1) is 40.9. The number of rotatable bonds is 20. The predicted octanol–water partition coefficient (Wildman–Crippen LogP) is -1.08. The minimum absolute atomic E-state index is 0.0139. The summed E-state index contributed by atoms with van der Waals surface area (Å²) >= 11 is 3.25. The lowest BCUT2D eigenvalue weighted by molar-refractivity contribution is -0.170. The third-order valence-electron chi connectivity index (χ3n) is 15.1. The van der Waals surface area contributed by atoms with Crippen molar-refractivity contribution in [3.05, 3.63) is 87.9 Å². The Morgan fingerprint density at radius 2 is 1.32 bits per heavy atom. The molecule has 2 heterocycles. The molecule has 0 spiro atoms. The zero-order valence-electron chi connectivity index (χ0n) is 49.6. The Balaban J connectivity index is 1.52. The molecule has 2 saturated heterocycles. The number of ether oxygens (including phenoxy) is 1. The number of nitrogens with one attached hydrogen (secondary N) is 7. The Bertz CT molecular complexity index is 2950. The van der Waals surface area contributed by atoms with Gasteiger partial charge in [0.15, 0.2) is 6.10 Å². The van der Waals surface area contributed by atoms with Gasteiger partial charge in [-0.2, -0.15) is 0 Å². The number of phenolic OH excluding ortho intramolecular Hbond substituents is 3. The van der Waals surface area contributed by atoms with Crippen LogP contribution in [0.4, 0.5) is 0 Å². The third-order valence-corrected chi connectivity index (χ3v) is 15.7. The molecule has 2 aliphatic heterocycles. The lowest BCUT2D eigenvalue weighted by Crippen LogP contribution is -2.67. The average molecular weight is 1280 g/mol. The van der Waals surface area contributed by atoms with Gasteiger partial charge in [0.25, 0.3) is 5.91 Å². The van der Waals surface area contributed by atoms with Gasteiger partial charge < -0.3 is 87.5 Å². The van der Waals surface area contributed by atoms with Gasteiger partial charge in [0.1, 0.15) is 84.0 Å². The normalized spacial score (nSPS) is 23.5. The van der Waals surface area contributed by atoms with E-state index in [2.05, 4.69) is 53.1 Å². The van der Waals surface area contributed by atoms with Gasteiger partial charge in [0.05, 0.1) is 17.2 Å². The van der Waals surface area contributed by atoms with E-state index >= 15 is 0 Å². The first-order valence-electron chi connectivity index (χ1n) is 28.5. The summed E-state index contributed by atoms with van der Waals surface area (Å²) in [6, 6.07) is 1.72. The van der Waals surface area contributed by atoms with Crippen LogP contribution in [-0.2, 0) is 71.9 Å². The van der Waals surface area contributed by atoms with Crippen molar-refractivity contribution < 1.29 is 88.4 Å². The molecule has 13 atom stereocenters. The number of amides is 9. The molecule has 2 aliphatic rings. The van der Waals surface area contributed by atoms with Crippen LogP contribution in [0.1, 0.15) is 90.8 Å². The fourth-order valence-electron chi connectivity index (χ4n) is 9.89. The van der Waals surface area contributed by atoms with Gasteiger partial charge in [-0.15, -0.1) is 0 Å². The number of cyclic esters (lactones) is 1. The van der Waals surface area contributed by atoms with Gasteiger partial charge in [-0.1, -0.05) is 58.0 Å². The second kappa shape index (κ2) is 31.6. The van der Waals surface area contributed by atoms with Crippen LogP contribution in [0.15, 0.2) is 71.2 Å². The number of aromatic hydroxyl groups is 3. The lowest BCUT2D eigenvalue weighted by atomic mass is 9.96. The first kappa shape index (κ1) is 69.8. The topological polar surface area (TPSA) is 412 Å². The van der Waals surface area contributed by atoms with E-state index < -0.39 is 156 Å². The van der Waals surface area contributed by atoms with Crippen LogP contribution < -0.4 is 37.2 Å². The number of halogens is 1. The number of benzene rings is 3. The Labute approximate surface area is 511 Å². The van der Waals surface area contributed by atoms with Crippen molar-refractivity contribution in [1.82, 2.24) is 47.0 Å². The average Bonchev–Trinajstić information content (AvgIpc) is 1.35. The molecular weight excluding hydrogens is 1200 g/mol. The van der Waals surface area contributed by atoms with Crippen LogP contribution in [0.25, 0.3) is 0 Å². The predicted molar refractivity (Wildman–Crippen MR) is 314 cm³/mol. The monoisotopic (exact) mass is 1280 g/mol. The van der Waals surface area contributed by atoms with Gasteiger partial charge >= 0.3 is 5.97 Å². The maximum Gasteiger partial charge on any atom is 0.329 e. The van der Waals surface area contributed by atoms with Crippen molar-refractivity contribution in [3.8, 4) is 17.2 Å². The van der Waals surface area contributed by atoms with Crippen molar-refractivity contribution in [3.63, 3.8) is 0 Å². The summed E-state index contributed by atoms with van der Waals surface area (Å²) in [5, 5.41) is 89.9. The molecule has 0 radical (unpaired) electrons. The smallest absolute Gasteiger partial charge is 0.329 e. The molecule has 28 heteroatoms. The summed E-state index contributed by atoms with van der Waals surface area (Å²) in [6.07, 6.45) is -7.36. The molecule has 0 unspecified atom stereocenters. The first-order valence-corrected chi connectivity index (χ1v) is 29.3. The van der Waals surface area contributed by atoms with Crippen LogP contribution >= 0.6 is 15.9 Å². The van der Waals surface area contributed by atoms with Gasteiger partial charge in [-0.05, 0) is 134 Å². The summed E-state index contributed by atoms with van der Waals surface area (Å²) in [5.74, 6) is -12.1. The molecule has 2 bridgehead atoms. The highest BCUT2D eigenvalue weighted by Crippen LogP contribution is 2.28. The molecular formula is C59H80BrN9O18. The van der Waals surface area contributed by atoms with Crippen molar-refractivity contribution in [1.29, 1.82) is 0 Å². The quantitative estimate of drug-likeness (QED) is 0.0598.